The number of aromatic nitrogens is 7. The van der Waals surface area contributed by atoms with E-state index in [1.807, 2.05) is 88.4 Å². The predicted molar refractivity (Wildman–Crippen MR) is 138 cm³/mol. The van der Waals surface area contributed by atoms with Crippen LogP contribution in [-0.2, 0) is 11.2 Å². The third-order valence-electron chi connectivity index (χ3n) is 5.91. The van der Waals surface area contributed by atoms with Crippen molar-refractivity contribution >= 4 is 11.6 Å². The van der Waals surface area contributed by atoms with E-state index in [0.29, 0.717) is 23.3 Å². The molecule has 2 aromatic carbocycles. The van der Waals surface area contributed by atoms with E-state index in [-0.39, 0.29) is 12.3 Å². The van der Waals surface area contributed by atoms with Crippen LogP contribution in [0, 0.1) is 27.7 Å². The molecule has 1 amide bonds. The van der Waals surface area contributed by atoms with Crippen LogP contribution in [0.15, 0.2) is 60.7 Å². The van der Waals surface area contributed by atoms with Gasteiger partial charge >= 0.3 is 0 Å². The Balaban J connectivity index is 1.38. The molecule has 0 aliphatic rings. The number of nitrogens with one attached hydrogen (secondary N) is 2. The Bertz CT molecular complexity index is 1530. The second-order valence-corrected chi connectivity index (χ2v) is 8.66. The normalized spacial score (nSPS) is 11.0. The Morgan fingerprint density at radius 3 is 2.36 bits per heavy atom. The third-order valence-corrected chi connectivity index (χ3v) is 5.91. The minimum Gasteiger partial charge on any atom is -0.325 e. The van der Waals surface area contributed by atoms with Gasteiger partial charge in [0.1, 0.15) is 0 Å². The number of rotatable bonds is 6. The van der Waals surface area contributed by atoms with E-state index in [0.717, 1.165) is 39.5 Å². The van der Waals surface area contributed by atoms with Gasteiger partial charge in [-0.25, -0.2) is 19.6 Å². The van der Waals surface area contributed by atoms with Gasteiger partial charge in [0.15, 0.2) is 11.6 Å². The van der Waals surface area contributed by atoms with Gasteiger partial charge in [0.2, 0.25) is 5.91 Å². The molecule has 0 aliphatic heterocycles. The summed E-state index contributed by atoms with van der Waals surface area (Å²) in [7, 11) is 0. The molecule has 0 fully saturated rings. The summed E-state index contributed by atoms with van der Waals surface area (Å²) in [5, 5.41) is 15.0. The summed E-state index contributed by atoms with van der Waals surface area (Å²) in [4.78, 5) is 26.8. The van der Waals surface area contributed by atoms with Crippen molar-refractivity contribution in [3.8, 4) is 28.7 Å². The molecule has 0 radical (unpaired) electrons. The Hall–Kier alpha value is -4.66. The van der Waals surface area contributed by atoms with Crippen molar-refractivity contribution in [1.82, 2.24) is 34.9 Å². The highest BCUT2D eigenvalue weighted by atomic mass is 16.1. The summed E-state index contributed by atoms with van der Waals surface area (Å²) >= 11 is 0. The molecule has 0 atom stereocenters. The van der Waals surface area contributed by atoms with Crippen LogP contribution in [0.2, 0.25) is 0 Å². The summed E-state index contributed by atoms with van der Waals surface area (Å²) in [6, 6.07) is 19.2. The summed E-state index contributed by atoms with van der Waals surface area (Å²) < 4.78 is 1.70. The molecule has 3 heterocycles. The first kappa shape index (κ1) is 23.1. The minimum atomic E-state index is -0.155. The number of amides is 1. The second-order valence-electron chi connectivity index (χ2n) is 8.66. The van der Waals surface area contributed by atoms with Crippen LogP contribution in [0.25, 0.3) is 28.7 Å². The van der Waals surface area contributed by atoms with Gasteiger partial charge in [-0.15, -0.1) is 0 Å². The van der Waals surface area contributed by atoms with E-state index in [9.17, 15) is 4.79 Å². The zero-order chi connectivity index (χ0) is 25.2. The molecule has 5 rings (SSSR count). The van der Waals surface area contributed by atoms with Crippen molar-refractivity contribution in [3.05, 3.63) is 89.0 Å². The maximum atomic E-state index is 13.1. The topological polar surface area (TPSA) is 114 Å². The lowest BCUT2D eigenvalue weighted by atomic mass is 10.1. The largest absolute Gasteiger partial charge is 0.325 e. The number of hydrogen-bond donors (Lipinski definition) is 2. The van der Waals surface area contributed by atoms with Crippen LogP contribution < -0.4 is 5.32 Å². The lowest BCUT2D eigenvalue weighted by molar-refractivity contribution is -0.115. The van der Waals surface area contributed by atoms with Crippen molar-refractivity contribution in [2.45, 2.75) is 34.1 Å². The van der Waals surface area contributed by atoms with E-state index in [1.54, 1.807) is 4.68 Å². The number of para-hydroxylation sites is 1. The first-order chi connectivity index (χ1) is 17.4. The number of carbonyl (C=O) groups is 1. The molecule has 9 nitrogen and oxygen atoms in total. The van der Waals surface area contributed by atoms with Crippen LogP contribution in [0.5, 0.6) is 0 Å². The highest BCUT2D eigenvalue weighted by Gasteiger charge is 2.19. The molecule has 2 N–H and O–H groups in total. The van der Waals surface area contributed by atoms with E-state index in [1.165, 1.54) is 0 Å². The van der Waals surface area contributed by atoms with Gasteiger partial charge in [0.05, 0.1) is 17.8 Å². The number of H-pyrrole nitrogens is 1. The number of aromatic amines is 1. The van der Waals surface area contributed by atoms with Gasteiger partial charge in [0.25, 0.3) is 5.95 Å². The van der Waals surface area contributed by atoms with Crippen molar-refractivity contribution in [2.75, 3.05) is 5.32 Å². The smallest absolute Gasteiger partial charge is 0.251 e. The summed E-state index contributed by atoms with van der Waals surface area (Å²) in [6.45, 7) is 7.67. The van der Waals surface area contributed by atoms with Gasteiger partial charge in [-0.2, -0.15) is 10.2 Å². The predicted octanol–water partition coefficient (Wildman–Crippen LogP) is 4.53. The summed E-state index contributed by atoms with van der Waals surface area (Å²) in [5.74, 6) is 1.53. The number of aryl methyl sites for hydroxylation is 3. The van der Waals surface area contributed by atoms with E-state index in [2.05, 4.69) is 35.6 Å². The van der Waals surface area contributed by atoms with Crippen LogP contribution in [0.1, 0.15) is 28.3 Å². The van der Waals surface area contributed by atoms with Gasteiger partial charge in [-0.3, -0.25) is 9.89 Å². The van der Waals surface area contributed by atoms with Gasteiger partial charge in [-0.05, 0) is 45.9 Å². The Morgan fingerprint density at radius 2 is 1.61 bits per heavy atom. The van der Waals surface area contributed by atoms with E-state index in [4.69, 9.17) is 0 Å². The summed E-state index contributed by atoms with van der Waals surface area (Å²) in [6.07, 6.45) is 0.169. The number of nitrogens with zero attached hydrogens (tertiary/aromatic N) is 6. The molecule has 0 spiro atoms. The van der Waals surface area contributed by atoms with Crippen molar-refractivity contribution in [3.63, 3.8) is 0 Å². The summed E-state index contributed by atoms with van der Waals surface area (Å²) in [5.41, 5.74) is 6.50. The first-order valence-electron chi connectivity index (χ1n) is 11.6. The maximum Gasteiger partial charge on any atom is 0.251 e. The lowest BCUT2D eigenvalue weighted by Gasteiger charge is -2.10. The van der Waals surface area contributed by atoms with Crippen LogP contribution in [0.4, 0.5) is 5.69 Å². The molecule has 0 saturated carbocycles. The highest BCUT2D eigenvalue weighted by Crippen LogP contribution is 2.27. The van der Waals surface area contributed by atoms with Crippen molar-refractivity contribution in [2.24, 2.45) is 0 Å². The van der Waals surface area contributed by atoms with Gasteiger partial charge in [0, 0.05) is 33.8 Å². The fourth-order valence-corrected chi connectivity index (χ4v) is 4.18. The molecule has 0 aliphatic carbocycles. The van der Waals surface area contributed by atoms with Crippen LogP contribution in [-0.4, -0.2) is 40.8 Å². The molecule has 36 heavy (non-hydrogen) atoms. The average molecular weight is 479 g/mol. The standard InChI is InChI=1S/C27H26N8O/c1-16-14-17(2)29-27(28-16)35-19(4)22(18(3)34-35)15-24(36)30-23-13-9-8-12-21(23)26-31-25(32-33-26)20-10-6-5-7-11-20/h5-14H,15H2,1-4H3,(H,30,36)(H,31,32,33). The zero-order valence-corrected chi connectivity index (χ0v) is 20.6. The quantitative estimate of drug-likeness (QED) is 0.371. The monoisotopic (exact) mass is 478 g/mol. The Kier molecular flexibility index (Phi) is 6.12. The van der Waals surface area contributed by atoms with Crippen LogP contribution in [0.3, 0.4) is 0 Å². The fourth-order valence-electron chi connectivity index (χ4n) is 4.18. The van der Waals surface area contributed by atoms with Crippen molar-refractivity contribution < 1.29 is 4.79 Å². The average Bonchev–Trinajstić information content (AvgIpc) is 3.45. The molecule has 180 valence electrons. The number of carbonyl (C=O) groups excluding carboxylic acids is 1. The second kappa shape index (κ2) is 9.53. The van der Waals surface area contributed by atoms with Gasteiger partial charge < -0.3 is 5.32 Å². The Labute approximate surface area is 208 Å². The molecule has 5 aromatic rings. The minimum absolute atomic E-state index is 0.155. The molecule has 0 unspecified atom stereocenters. The first-order valence-corrected chi connectivity index (χ1v) is 11.6. The SMILES string of the molecule is Cc1cc(C)nc(-n2nc(C)c(CC(=O)Nc3ccccc3-c3nc(-c4ccccc4)n[nH]3)c2C)n1. The third kappa shape index (κ3) is 4.63. The van der Waals surface area contributed by atoms with Crippen molar-refractivity contribution in [1.29, 1.82) is 0 Å². The zero-order valence-electron chi connectivity index (χ0n) is 20.6. The van der Waals surface area contributed by atoms with E-state index >= 15 is 0 Å². The molecule has 9 heteroatoms. The number of anilines is 1. The molecule has 3 aromatic heterocycles. The lowest BCUT2D eigenvalue weighted by Crippen LogP contribution is -2.16. The van der Waals surface area contributed by atoms with Gasteiger partial charge in [-0.1, -0.05) is 42.5 Å². The highest BCUT2D eigenvalue weighted by molar-refractivity contribution is 5.96. The van der Waals surface area contributed by atoms with Crippen LogP contribution >= 0.6 is 0 Å². The number of hydrogen-bond acceptors (Lipinski definition) is 6. The maximum absolute atomic E-state index is 13.1. The molecule has 0 bridgehead atoms. The Morgan fingerprint density at radius 1 is 0.917 bits per heavy atom. The fraction of sp³-hybridized carbons (Fsp3) is 0.185. The van der Waals surface area contributed by atoms with E-state index < -0.39 is 0 Å². The molecular weight excluding hydrogens is 452 g/mol. The molecular formula is C27H26N8O. The number of benzene rings is 2. The molecule has 0 saturated heterocycles.